The Bertz CT molecular complexity index is 988. The summed E-state index contributed by atoms with van der Waals surface area (Å²) in [5.41, 5.74) is 2.09. The van der Waals surface area contributed by atoms with Gasteiger partial charge in [0, 0.05) is 18.0 Å². The topological polar surface area (TPSA) is 81.4 Å². The highest BCUT2D eigenvalue weighted by atomic mass is 32.1. The van der Waals surface area contributed by atoms with Crippen molar-refractivity contribution in [3.05, 3.63) is 22.6 Å². The van der Waals surface area contributed by atoms with Crippen LogP contribution in [0.4, 0.5) is 0 Å². The van der Waals surface area contributed by atoms with Gasteiger partial charge >= 0.3 is 0 Å². The normalized spacial score (nSPS) is 22.8. The van der Waals surface area contributed by atoms with Gasteiger partial charge in [-0.15, -0.1) is 16.4 Å². The smallest absolute Gasteiger partial charge is 0.291 e. The molecule has 136 valence electrons. The Morgan fingerprint density at radius 3 is 3.19 bits per heavy atom. The molecular weight excluding hydrogens is 350 g/mol. The van der Waals surface area contributed by atoms with Crippen LogP contribution in [0.15, 0.2) is 6.33 Å². The van der Waals surface area contributed by atoms with E-state index in [1.165, 1.54) is 23.3 Å². The van der Waals surface area contributed by atoms with E-state index in [1.807, 2.05) is 0 Å². The summed E-state index contributed by atoms with van der Waals surface area (Å²) < 4.78 is 7.19. The fraction of sp³-hybridized carbons (Fsp3) is 0.556. The Morgan fingerprint density at radius 1 is 1.42 bits per heavy atom. The van der Waals surface area contributed by atoms with E-state index >= 15 is 0 Å². The zero-order chi connectivity index (χ0) is 17.7. The maximum atomic E-state index is 12.5. The number of carbonyl (C=O) groups excluding carboxylic acids is 1. The number of hydrogen-bond donors (Lipinski definition) is 1. The van der Waals surface area contributed by atoms with Crippen molar-refractivity contribution in [3.8, 4) is 0 Å². The summed E-state index contributed by atoms with van der Waals surface area (Å²) in [6.45, 7) is 3.55. The van der Waals surface area contributed by atoms with Gasteiger partial charge in [0.25, 0.3) is 5.91 Å². The van der Waals surface area contributed by atoms with Crippen LogP contribution in [0.3, 0.4) is 0 Å². The van der Waals surface area contributed by atoms with Gasteiger partial charge in [-0.2, -0.15) is 0 Å². The van der Waals surface area contributed by atoms with Crippen molar-refractivity contribution in [2.24, 2.45) is 0 Å². The van der Waals surface area contributed by atoms with E-state index in [4.69, 9.17) is 4.74 Å². The van der Waals surface area contributed by atoms with Gasteiger partial charge in [-0.3, -0.25) is 4.79 Å². The molecule has 0 saturated carbocycles. The van der Waals surface area contributed by atoms with E-state index in [-0.39, 0.29) is 17.8 Å². The highest BCUT2D eigenvalue weighted by molar-refractivity contribution is 7.19. The van der Waals surface area contributed by atoms with Gasteiger partial charge in [-0.1, -0.05) is 6.92 Å². The minimum Gasteiger partial charge on any atom is -0.376 e. The number of nitrogens with one attached hydrogen (secondary N) is 1. The Labute approximate surface area is 154 Å². The number of carbonyl (C=O) groups is 1. The molecule has 1 amide bonds. The Hall–Kier alpha value is -2.06. The molecule has 1 saturated heterocycles. The van der Waals surface area contributed by atoms with E-state index < -0.39 is 0 Å². The first-order valence-corrected chi connectivity index (χ1v) is 10.1. The fourth-order valence-corrected chi connectivity index (χ4v) is 5.37. The van der Waals surface area contributed by atoms with Gasteiger partial charge in [0.15, 0.2) is 5.65 Å². The summed E-state index contributed by atoms with van der Waals surface area (Å²) in [5, 5.41) is 8.33. The second-order valence-electron chi connectivity index (χ2n) is 7.21. The van der Waals surface area contributed by atoms with E-state index in [2.05, 4.69) is 27.3 Å². The lowest BCUT2D eigenvalue weighted by atomic mass is 9.87. The largest absolute Gasteiger partial charge is 0.376 e. The lowest BCUT2D eigenvalue weighted by Crippen LogP contribution is -2.32. The van der Waals surface area contributed by atoms with Crippen LogP contribution in [0.5, 0.6) is 0 Å². The van der Waals surface area contributed by atoms with Gasteiger partial charge in [-0.25, -0.2) is 14.5 Å². The molecule has 1 aliphatic carbocycles. The number of thiophene rings is 1. The van der Waals surface area contributed by atoms with Crippen molar-refractivity contribution in [1.82, 2.24) is 24.9 Å². The minimum absolute atomic E-state index is 0.106. The van der Waals surface area contributed by atoms with Crippen molar-refractivity contribution < 1.29 is 9.53 Å². The molecule has 0 spiro atoms. The number of aryl methyl sites for hydroxylation is 1. The second kappa shape index (κ2) is 6.28. The molecule has 1 N–H and O–H groups in total. The molecule has 2 atom stereocenters. The van der Waals surface area contributed by atoms with Crippen LogP contribution >= 0.6 is 11.3 Å². The minimum atomic E-state index is -0.255. The zero-order valence-corrected chi connectivity index (χ0v) is 15.5. The molecule has 7 nitrogen and oxygen atoms in total. The Morgan fingerprint density at radius 2 is 2.35 bits per heavy atom. The summed E-state index contributed by atoms with van der Waals surface area (Å²) in [7, 11) is 0. The van der Waals surface area contributed by atoms with Gasteiger partial charge in [0.1, 0.15) is 11.2 Å². The number of fused-ring (bicyclic) bond motifs is 5. The maximum Gasteiger partial charge on any atom is 0.291 e. The molecule has 26 heavy (non-hydrogen) atoms. The van der Waals surface area contributed by atoms with Crippen molar-refractivity contribution >= 4 is 33.1 Å². The summed E-state index contributed by atoms with van der Waals surface area (Å²) >= 11 is 1.75. The van der Waals surface area contributed by atoms with Crippen LogP contribution in [0.25, 0.3) is 15.9 Å². The maximum absolute atomic E-state index is 12.5. The van der Waals surface area contributed by atoms with Crippen LogP contribution in [0.2, 0.25) is 0 Å². The van der Waals surface area contributed by atoms with Crippen LogP contribution in [0.1, 0.15) is 59.6 Å². The fourth-order valence-electron chi connectivity index (χ4n) is 4.07. The van der Waals surface area contributed by atoms with Crippen molar-refractivity contribution in [3.63, 3.8) is 0 Å². The lowest BCUT2D eigenvalue weighted by molar-refractivity contribution is 0.0849. The first-order chi connectivity index (χ1) is 12.7. The second-order valence-corrected chi connectivity index (χ2v) is 8.29. The third-order valence-corrected chi connectivity index (χ3v) is 6.57. The molecule has 2 aliphatic rings. The average molecular weight is 371 g/mol. The third kappa shape index (κ3) is 2.59. The quantitative estimate of drug-likeness (QED) is 0.765. The molecule has 0 radical (unpaired) electrons. The van der Waals surface area contributed by atoms with Crippen molar-refractivity contribution in [1.29, 1.82) is 0 Å². The first-order valence-electron chi connectivity index (χ1n) is 9.27. The van der Waals surface area contributed by atoms with E-state index in [0.29, 0.717) is 12.5 Å². The first kappa shape index (κ1) is 16.1. The molecule has 8 heteroatoms. The lowest BCUT2D eigenvalue weighted by Gasteiger charge is -2.18. The molecule has 0 aromatic carbocycles. The molecule has 1 fully saturated rings. The molecule has 3 aromatic rings. The number of rotatable bonds is 3. The molecule has 0 unspecified atom stereocenters. The summed E-state index contributed by atoms with van der Waals surface area (Å²) in [6, 6.07) is 0. The average Bonchev–Trinajstić information content (AvgIpc) is 3.36. The van der Waals surface area contributed by atoms with E-state index in [9.17, 15) is 4.79 Å². The third-order valence-electron chi connectivity index (χ3n) is 5.39. The SMILES string of the molecule is C[C@H]1CCCc2sc3ncn4nc(C(=O)NC[C@H]5CCCO5)nc4c3c21. The molecule has 5 rings (SSSR count). The summed E-state index contributed by atoms with van der Waals surface area (Å²) in [5.74, 6) is 0.434. The monoisotopic (exact) mass is 371 g/mol. The molecular formula is C18H21N5O2S. The predicted octanol–water partition coefficient (Wildman–Crippen LogP) is 2.69. The Balaban J connectivity index is 1.51. The van der Waals surface area contributed by atoms with E-state index in [1.54, 1.807) is 22.2 Å². The van der Waals surface area contributed by atoms with Gasteiger partial charge < -0.3 is 10.1 Å². The van der Waals surface area contributed by atoms with Crippen LogP contribution in [0, 0.1) is 0 Å². The van der Waals surface area contributed by atoms with Gasteiger partial charge in [0.2, 0.25) is 5.82 Å². The molecule has 3 aromatic heterocycles. The van der Waals surface area contributed by atoms with Crippen LogP contribution in [-0.4, -0.2) is 44.7 Å². The Kier molecular flexibility index (Phi) is 3.90. The van der Waals surface area contributed by atoms with Crippen LogP contribution < -0.4 is 5.32 Å². The zero-order valence-electron chi connectivity index (χ0n) is 14.7. The highest BCUT2D eigenvalue weighted by Gasteiger charge is 2.26. The molecule has 1 aliphatic heterocycles. The number of hydrogen-bond acceptors (Lipinski definition) is 6. The number of amides is 1. The summed E-state index contributed by atoms with van der Waals surface area (Å²) in [4.78, 5) is 24.0. The number of nitrogens with zero attached hydrogens (tertiary/aromatic N) is 4. The van der Waals surface area contributed by atoms with Crippen molar-refractivity contribution in [2.75, 3.05) is 13.2 Å². The highest BCUT2D eigenvalue weighted by Crippen LogP contribution is 2.42. The summed E-state index contributed by atoms with van der Waals surface area (Å²) in [6.07, 6.45) is 7.32. The van der Waals surface area contributed by atoms with E-state index in [0.717, 1.165) is 41.7 Å². The van der Waals surface area contributed by atoms with Crippen LogP contribution in [-0.2, 0) is 11.2 Å². The van der Waals surface area contributed by atoms with Crippen molar-refractivity contribution in [2.45, 2.75) is 51.0 Å². The van der Waals surface area contributed by atoms with Gasteiger partial charge in [0.05, 0.1) is 11.5 Å². The number of aromatic nitrogens is 4. The molecule has 0 bridgehead atoms. The molecule has 4 heterocycles. The van der Waals surface area contributed by atoms with Gasteiger partial charge in [-0.05, 0) is 43.6 Å². The predicted molar refractivity (Wildman–Crippen MR) is 98.8 cm³/mol. The standard InChI is InChI=1S/C18H21N5O2S/c1-10-4-2-6-12-13(10)14-16-21-15(22-23(16)9-20-18(14)26-12)17(24)19-8-11-5-3-7-25-11/h9-11H,2-8H2,1H3,(H,19,24)/t10-,11+/m0/s1. The number of ether oxygens (including phenoxy) is 1.